The van der Waals surface area contributed by atoms with E-state index in [0.717, 1.165) is 6.42 Å². The first kappa shape index (κ1) is 22.2. The summed E-state index contributed by atoms with van der Waals surface area (Å²) in [6.45, 7) is 11.2. The smallest absolute Gasteiger partial charge is 0.410 e. The molecule has 2 aliphatic rings. The average Bonchev–Trinajstić information content (AvgIpc) is 2.50. The quantitative estimate of drug-likeness (QED) is 0.642. The van der Waals surface area contributed by atoms with Gasteiger partial charge in [0.15, 0.2) is 0 Å². The number of allylic oxidation sites excluding steroid dienone is 2. The van der Waals surface area contributed by atoms with E-state index >= 15 is 0 Å². The Bertz CT molecular complexity index is 643. The molecule has 7 heteroatoms. The van der Waals surface area contributed by atoms with Gasteiger partial charge in [0.2, 0.25) is 11.8 Å². The Morgan fingerprint density at radius 3 is 2.36 bits per heavy atom. The lowest BCUT2D eigenvalue weighted by atomic mass is 9.75. The standard InChI is InChI=1S/C21H35N3O4/c1-19(2,3)28-18(27)24-14-21(15-24)10-8-7-9-20(4,5)13-16(25)23(6)12-11-22-17(21)26/h7-8H,9-15H2,1-6H3,(H,22,26)/b8-7-. The van der Waals surface area contributed by atoms with Crippen molar-refractivity contribution in [3.05, 3.63) is 12.2 Å². The van der Waals surface area contributed by atoms with Crippen LogP contribution in [0.4, 0.5) is 4.79 Å². The van der Waals surface area contributed by atoms with Gasteiger partial charge in [0.25, 0.3) is 0 Å². The summed E-state index contributed by atoms with van der Waals surface area (Å²) in [5, 5.41) is 2.95. The van der Waals surface area contributed by atoms with Crippen LogP contribution in [0, 0.1) is 10.8 Å². The molecule has 158 valence electrons. The Morgan fingerprint density at radius 2 is 1.75 bits per heavy atom. The van der Waals surface area contributed by atoms with Gasteiger partial charge in [-0.15, -0.1) is 0 Å². The van der Waals surface area contributed by atoms with Gasteiger partial charge in [-0.1, -0.05) is 26.0 Å². The summed E-state index contributed by atoms with van der Waals surface area (Å²) in [6, 6.07) is 0. The summed E-state index contributed by atoms with van der Waals surface area (Å²) in [4.78, 5) is 40.8. The number of carbonyl (C=O) groups excluding carboxylic acids is 3. The van der Waals surface area contributed by atoms with E-state index in [2.05, 4.69) is 25.2 Å². The van der Waals surface area contributed by atoms with Crippen LogP contribution in [0.15, 0.2) is 12.2 Å². The molecule has 28 heavy (non-hydrogen) atoms. The van der Waals surface area contributed by atoms with Crippen molar-refractivity contribution in [2.45, 2.75) is 59.5 Å². The van der Waals surface area contributed by atoms with Crippen LogP contribution >= 0.6 is 0 Å². The summed E-state index contributed by atoms with van der Waals surface area (Å²) in [5.74, 6) is 0.0117. The minimum Gasteiger partial charge on any atom is -0.444 e. The van der Waals surface area contributed by atoms with Gasteiger partial charge < -0.3 is 19.9 Å². The fourth-order valence-corrected chi connectivity index (χ4v) is 3.48. The van der Waals surface area contributed by atoms with Crippen molar-refractivity contribution in [1.29, 1.82) is 0 Å². The van der Waals surface area contributed by atoms with Gasteiger partial charge >= 0.3 is 6.09 Å². The number of amides is 3. The number of ether oxygens (including phenoxy) is 1. The molecule has 0 aromatic heterocycles. The molecule has 1 N–H and O–H groups in total. The zero-order chi connectivity index (χ0) is 21.2. The molecule has 3 amide bonds. The molecular formula is C21H35N3O4. The van der Waals surface area contributed by atoms with Crippen molar-refractivity contribution in [3.8, 4) is 0 Å². The molecule has 2 heterocycles. The van der Waals surface area contributed by atoms with Crippen molar-refractivity contribution in [2.75, 3.05) is 33.2 Å². The summed E-state index contributed by atoms with van der Waals surface area (Å²) in [7, 11) is 1.77. The van der Waals surface area contributed by atoms with Gasteiger partial charge in [0, 0.05) is 39.6 Å². The van der Waals surface area contributed by atoms with Gasteiger partial charge in [-0.2, -0.15) is 0 Å². The van der Waals surface area contributed by atoms with Crippen molar-refractivity contribution in [3.63, 3.8) is 0 Å². The Kier molecular flexibility index (Phi) is 6.46. The maximum Gasteiger partial charge on any atom is 0.410 e. The van der Waals surface area contributed by atoms with E-state index in [1.54, 1.807) is 16.8 Å². The molecule has 0 aromatic rings. The third kappa shape index (κ3) is 5.72. The van der Waals surface area contributed by atoms with Crippen molar-refractivity contribution in [1.82, 2.24) is 15.1 Å². The second-order valence-corrected chi connectivity index (χ2v) is 9.91. The summed E-state index contributed by atoms with van der Waals surface area (Å²) in [6.07, 6.45) is 5.48. The van der Waals surface area contributed by atoms with Crippen LogP contribution in [0.2, 0.25) is 0 Å². The number of carbonyl (C=O) groups is 3. The lowest BCUT2D eigenvalue weighted by molar-refractivity contribution is -0.141. The topological polar surface area (TPSA) is 79.0 Å². The van der Waals surface area contributed by atoms with Gasteiger partial charge in [-0.05, 0) is 39.0 Å². The van der Waals surface area contributed by atoms with Crippen LogP contribution in [-0.2, 0) is 14.3 Å². The molecule has 2 aliphatic heterocycles. The summed E-state index contributed by atoms with van der Waals surface area (Å²) in [5.41, 5.74) is -1.33. The maximum atomic E-state index is 12.9. The minimum atomic E-state index is -0.631. The molecule has 7 nitrogen and oxygen atoms in total. The Hall–Kier alpha value is -2.05. The Morgan fingerprint density at radius 1 is 1.14 bits per heavy atom. The van der Waals surface area contributed by atoms with E-state index in [0.29, 0.717) is 39.0 Å². The van der Waals surface area contributed by atoms with Gasteiger partial charge in [-0.25, -0.2) is 4.79 Å². The predicted octanol–water partition coefficient (Wildman–Crippen LogP) is 2.56. The SMILES string of the molecule is CN1CCNC(=O)C2(C/C=C\CC(C)(C)CC1=O)CN(C(=O)OC(C)(C)C)C2. The van der Waals surface area contributed by atoms with Gasteiger partial charge in [0.1, 0.15) is 5.60 Å². The largest absolute Gasteiger partial charge is 0.444 e. The third-order valence-corrected chi connectivity index (χ3v) is 5.25. The highest BCUT2D eigenvalue weighted by Gasteiger charge is 2.51. The molecule has 0 aromatic carbocycles. The van der Waals surface area contributed by atoms with Gasteiger partial charge in [-0.3, -0.25) is 9.59 Å². The monoisotopic (exact) mass is 393 g/mol. The molecule has 0 radical (unpaired) electrons. The normalized spacial score (nSPS) is 24.4. The van der Waals surface area contributed by atoms with E-state index in [4.69, 9.17) is 4.74 Å². The Labute approximate surface area is 168 Å². The van der Waals surface area contributed by atoms with Gasteiger partial charge in [0.05, 0.1) is 5.41 Å². The molecule has 1 saturated heterocycles. The first-order valence-corrected chi connectivity index (χ1v) is 9.99. The highest BCUT2D eigenvalue weighted by Crippen LogP contribution is 2.36. The molecule has 1 fully saturated rings. The van der Waals surface area contributed by atoms with Crippen molar-refractivity contribution in [2.24, 2.45) is 10.8 Å². The van der Waals surface area contributed by atoms with E-state index in [-0.39, 0.29) is 23.3 Å². The van der Waals surface area contributed by atoms with Crippen molar-refractivity contribution >= 4 is 17.9 Å². The average molecular weight is 394 g/mol. The molecule has 0 saturated carbocycles. The summed E-state index contributed by atoms with van der Waals surface area (Å²) >= 11 is 0. The number of nitrogens with one attached hydrogen (secondary N) is 1. The lowest BCUT2D eigenvalue weighted by Crippen LogP contribution is -2.65. The number of likely N-dealkylation sites (N-methyl/N-ethyl adjacent to an activating group) is 1. The predicted molar refractivity (Wildman–Crippen MR) is 108 cm³/mol. The third-order valence-electron chi connectivity index (χ3n) is 5.25. The lowest BCUT2D eigenvalue weighted by Gasteiger charge is -2.48. The fourth-order valence-electron chi connectivity index (χ4n) is 3.48. The molecule has 0 aliphatic carbocycles. The fraction of sp³-hybridized carbons (Fsp3) is 0.762. The van der Waals surface area contributed by atoms with E-state index in [9.17, 15) is 14.4 Å². The van der Waals surface area contributed by atoms with Crippen LogP contribution < -0.4 is 5.32 Å². The zero-order valence-electron chi connectivity index (χ0n) is 18.1. The highest BCUT2D eigenvalue weighted by atomic mass is 16.6. The maximum absolute atomic E-state index is 12.9. The zero-order valence-corrected chi connectivity index (χ0v) is 18.1. The van der Waals surface area contributed by atoms with Crippen LogP contribution in [0.25, 0.3) is 0 Å². The molecule has 0 bridgehead atoms. The van der Waals surface area contributed by atoms with E-state index in [1.165, 1.54) is 0 Å². The molecule has 2 rings (SSSR count). The highest BCUT2D eigenvalue weighted by molar-refractivity contribution is 5.86. The molecule has 0 unspecified atom stereocenters. The first-order valence-electron chi connectivity index (χ1n) is 9.99. The molecule has 1 spiro atoms. The number of rotatable bonds is 0. The molecular weight excluding hydrogens is 358 g/mol. The summed E-state index contributed by atoms with van der Waals surface area (Å²) < 4.78 is 5.41. The number of likely N-dealkylation sites (tertiary alicyclic amines) is 1. The molecule has 0 atom stereocenters. The second-order valence-electron chi connectivity index (χ2n) is 9.91. The van der Waals surface area contributed by atoms with Crippen LogP contribution in [0.3, 0.4) is 0 Å². The van der Waals surface area contributed by atoms with Crippen LogP contribution in [0.1, 0.15) is 53.9 Å². The first-order chi connectivity index (χ1) is 12.8. The van der Waals surface area contributed by atoms with Crippen molar-refractivity contribution < 1.29 is 19.1 Å². The van der Waals surface area contributed by atoms with E-state index < -0.39 is 11.0 Å². The van der Waals surface area contributed by atoms with E-state index in [1.807, 2.05) is 26.8 Å². The Balaban J connectivity index is 2.09. The minimum absolute atomic E-state index is 0.0729. The van der Waals surface area contributed by atoms with Crippen LogP contribution in [-0.4, -0.2) is 66.5 Å². The number of hydrogen-bond acceptors (Lipinski definition) is 4. The number of nitrogens with zero attached hydrogens (tertiary/aromatic N) is 2. The number of hydrogen-bond donors (Lipinski definition) is 1. The van der Waals surface area contributed by atoms with Crippen LogP contribution in [0.5, 0.6) is 0 Å². The second kappa shape index (κ2) is 8.13.